The molecule has 110 valence electrons. The molecule has 0 unspecified atom stereocenters. The molecule has 0 aliphatic rings. The smallest absolute Gasteiger partial charge is 0.299 e. The van der Waals surface area contributed by atoms with Gasteiger partial charge in [-0.15, -0.1) is 21.5 Å². The first kappa shape index (κ1) is 14.0. The van der Waals surface area contributed by atoms with E-state index in [1.165, 1.54) is 0 Å². The molecule has 0 amide bonds. The zero-order chi connectivity index (χ0) is 15.4. The van der Waals surface area contributed by atoms with Gasteiger partial charge in [-0.2, -0.15) is 4.68 Å². The lowest BCUT2D eigenvalue weighted by atomic mass is 10.3. The number of nitrogens with zero attached hydrogens (tertiary/aromatic N) is 3. The highest BCUT2D eigenvalue weighted by Crippen LogP contribution is 2.13. The number of para-hydroxylation sites is 1. The molecule has 3 rings (SSSR count). The fourth-order valence-electron chi connectivity index (χ4n) is 1.80. The summed E-state index contributed by atoms with van der Waals surface area (Å²) in [6.07, 6.45) is 3.41. The topological polar surface area (TPSA) is 85.8 Å². The van der Waals surface area contributed by atoms with E-state index in [0.717, 1.165) is 15.2 Å². The van der Waals surface area contributed by atoms with E-state index in [4.69, 9.17) is 5.84 Å². The second kappa shape index (κ2) is 6.23. The average molecular weight is 311 g/mol. The molecule has 0 aliphatic carbocycles. The van der Waals surface area contributed by atoms with Crippen molar-refractivity contribution >= 4 is 35.1 Å². The molecule has 0 atom stereocenters. The maximum Gasteiger partial charge on any atom is 0.299 e. The first-order valence-corrected chi connectivity index (χ1v) is 7.40. The van der Waals surface area contributed by atoms with Crippen molar-refractivity contribution in [2.45, 2.75) is 0 Å². The van der Waals surface area contributed by atoms with Crippen LogP contribution in [-0.2, 0) is 0 Å². The van der Waals surface area contributed by atoms with E-state index in [-0.39, 0.29) is 11.6 Å². The van der Waals surface area contributed by atoms with E-state index >= 15 is 0 Å². The van der Waals surface area contributed by atoms with Crippen LogP contribution in [0.3, 0.4) is 0 Å². The molecule has 0 saturated heterocycles. The van der Waals surface area contributed by atoms with Crippen molar-refractivity contribution in [1.82, 2.24) is 14.9 Å². The maximum atomic E-state index is 12.2. The van der Waals surface area contributed by atoms with Crippen molar-refractivity contribution in [3.63, 3.8) is 0 Å². The Labute approximate surface area is 130 Å². The fourth-order valence-corrected chi connectivity index (χ4v) is 2.42. The minimum atomic E-state index is -0.416. The summed E-state index contributed by atoms with van der Waals surface area (Å²) >= 11 is 1.57. The number of anilines is 2. The van der Waals surface area contributed by atoms with Crippen molar-refractivity contribution in [2.75, 3.05) is 11.2 Å². The lowest BCUT2D eigenvalue weighted by molar-refractivity contribution is 0.828. The zero-order valence-electron chi connectivity index (χ0n) is 11.5. The van der Waals surface area contributed by atoms with Crippen molar-refractivity contribution in [3.8, 4) is 0 Å². The highest BCUT2D eigenvalue weighted by molar-refractivity contribution is 7.10. The molecule has 0 radical (unpaired) electrons. The van der Waals surface area contributed by atoms with Crippen LogP contribution >= 0.6 is 11.3 Å². The van der Waals surface area contributed by atoms with Crippen LogP contribution in [0.2, 0.25) is 0 Å². The van der Waals surface area contributed by atoms with Gasteiger partial charge in [0.1, 0.15) is 0 Å². The van der Waals surface area contributed by atoms with Crippen LogP contribution in [0.1, 0.15) is 10.6 Å². The number of nitrogen functional groups attached to an aromatic ring is 1. The number of benzene rings is 1. The van der Waals surface area contributed by atoms with Gasteiger partial charge in [-0.05, 0) is 35.7 Å². The number of hydrogen-bond donors (Lipinski definition) is 2. The van der Waals surface area contributed by atoms with Gasteiger partial charge in [-0.3, -0.25) is 4.79 Å². The lowest BCUT2D eigenvalue weighted by Gasteiger charge is -2.08. The molecule has 7 heteroatoms. The second-order valence-electron chi connectivity index (χ2n) is 4.42. The van der Waals surface area contributed by atoms with Crippen LogP contribution < -0.4 is 16.7 Å². The van der Waals surface area contributed by atoms with Crippen LogP contribution in [-0.4, -0.2) is 14.9 Å². The van der Waals surface area contributed by atoms with Crippen molar-refractivity contribution in [3.05, 3.63) is 68.8 Å². The number of rotatable bonds is 4. The molecular formula is C15H13N5OS. The first-order chi connectivity index (χ1) is 10.7. The van der Waals surface area contributed by atoms with Gasteiger partial charge in [0.15, 0.2) is 5.69 Å². The Bertz CT molecular complexity index is 840. The summed E-state index contributed by atoms with van der Waals surface area (Å²) in [6.45, 7) is 0. The summed E-state index contributed by atoms with van der Waals surface area (Å²) in [7, 11) is 0. The molecule has 0 bridgehead atoms. The number of aromatic nitrogens is 3. The van der Waals surface area contributed by atoms with E-state index in [9.17, 15) is 4.79 Å². The summed E-state index contributed by atoms with van der Waals surface area (Å²) in [4.78, 5) is 13.2. The standard InChI is InChI=1S/C15H13N5OS/c16-20-14(21)13(9-8-12-7-4-10-22-12)18-19-15(20)17-11-5-2-1-3-6-11/h1-10H,16H2,(H,17,19)/b9-8+. The van der Waals surface area contributed by atoms with Gasteiger partial charge in [0.05, 0.1) is 0 Å². The average Bonchev–Trinajstić information content (AvgIpc) is 3.06. The van der Waals surface area contributed by atoms with Gasteiger partial charge >= 0.3 is 0 Å². The molecule has 1 aromatic carbocycles. The Hall–Kier alpha value is -2.93. The quantitative estimate of drug-likeness (QED) is 0.722. The number of thiophene rings is 1. The van der Waals surface area contributed by atoms with Gasteiger partial charge in [-0.25, -0.2) is 0 Å². The molecule has 3 N–H and O–H groups in total. The van der Waals surface area contributed by atoms with Crippen molar-refractivity contribution in [2.24, 2.45) is 0 Å². The van der Waals surface area contributed by atoms with Gasteiger partial charge in [-0.1, -0.05) is 24.3 Å². The second-order valence-corrected chi connectivity index (χ2v) is 5.40. The highest BCUT2D eigenvalue weighted by Gasteiger charge is 2.08. The van der Waals surface area contributed by atoms with Crippen LogP contribution in [0.25, 0.3) is 12.2 Å². The molecule has 0 fully saturated rings. The molecule has 6 nitrogen and oxygen atoms in total. The molecule has 0 aliphatic heterocycles. The Kier molecular flexibility index (Phi) is 3.97. The zero-order valence-corrected chi connectivity index (χ0v) is 12.3. The minimum Gasteiger partial charge on any atom is -0.333 e. The van der Waals surface area contributed by atoms with E-state index < -0.39 is 5.56 Å². The third kappa shape index (κ3) is 3.04. The predicted molar refractivity (Wildman–Crippen MR) is 89.4 cm³/mol. The minimum absolute atomic E-state index is 0.185. The SMILES string of the molecule is Nn1c(Nc2ccccc2)nnc(/C=C/c2cccs2)c1=O. The summed E-state index contributed by atoms with van der Waals surface area (Å²) in [5, 5.41) is 12.8. The van der Waals surface area contributed by atoms with E-state index in [0.29, 0.717) is 0 Å². The van der Waals surface area contributed by atoms with Gasteiger partial charge < -0.3 is 11.2 Å². The van der Waals surface area contributed by atoms with Crippen molar-refractivity contribution < 1.29 is 0 Å². The Morgan fingerprint density at radius 1 is 1.09 bits per heavy atom. The Morgan fingerprint density at radius 2 is 1.91 bits per heavy atom. The van der Waals surface area contributed by atoms with Gasteiger partial charge in [0.2, 0.25) is 5.95 Å². The van der Waals surface area contributed by atoms with Crippen molar-refractivity contribution in [1.29, 1.82) is 0 Å². The largest absolute Gasteiger partial charge is 0.333 e. The lowest BCUT2D eigenvalue weighted by Crippen LogP contribution is -2.32. The summed E-state index contributed by atoms with van der Waals surface area (Å²) in [5.74, 6) is 5.97. The first-order valence-electron chi connectivity index (χ1n) is 6.52. The molecule has 2 heterocycles. The fraction of sp³-hybridized carbons (Fsp3) is 0. The van der Waals surface area contributed by atoms with Crippen LogP contribution in [0.15, 0.2) is 52.6 Å². The van der Waals surface area contributed by atoms with Gasteiger partial charge in [0.25, 0.3) is 5.56 Å². The predicted octanol–water partition coefficient (Wildman–Crippen LogP) is 2.33. The number of nitrogens with one attached hydrogen (secondary N) is 1. The monoisotopic (exact) mass is 311 g/mol. The normalized spacial score (nSPS) is 10.9. The molecule has 3 aromatic rings. The Morgan fingerprint density at radius 3 is 2.64 bits per heavy atom. The van der Waals surface area contributed by atoms with Crippen LogP contribution in [0.5, 0.6) is 0 Å². The number of hydrogen-bond acceptors (Lipinski definition) is 6. The van der Waals surface area contributed by atoms with Crippen LogP contribution in [0, 0.1) is 0 Å². The third-order valence-electron chi connectivity index (χ3n) is 2.90. The van der Waals surface area contributed by atoms with Gasteiger partial charge in [0, 0.05) is 10.6 Å². The van der Waals surface area contributed by atoms with E-state index in [1.54, 1.807) is 23.5 Å². The molecule has 22 heavy (non-hydrogen) atoms. The summed E-state index contributed by atoms with van der Waals surface area (Å²) in [6, 6.07) is 13.2. The summed E-state index contributed by atoms with van der Waals surface area (Å²) in [5.41, 5.74) is 0.549. The number of nitrogens with two attached hydrogens (primary N) is 1. The maximum absolute atomic E-state index is 12.2. The third-order valence-corrected chi connectivity index (χ3v) is 3.73. The molecule has 2 aromatic heterocycles. The van der Waals surface area contributed by atoms with Crippen LogP contribution in [0.4, 0.5) is 11.6 Å². The Balaban J connectivity index is 1.87. The van der Waals surface area contributed by atoms with E-state index in [2.05, 4.69) is 15.5 Å². The molecular weight excluding hydrogens is 298 g/mol. The summed E-state index contributed by atoms with van der Waals surface area (Å²) < 4.78 is 0.952. The molecule has 0 saturated carbocycles. The highest BCUT2D eigenvalue weighted by atomic mass is 32.1. The van der Waals surface area contributed by atoms with E-state index in [1.807, 2.05) is 47.8 Å². The molecule has 0 spiro atoms.